The fourth-order valence-electron chi connectivity index (χ4n) is 2.11. The number of nitrogens with zero attached hydrogens (tertiary/aromatic N) is 3. The lowest BCUT2D eigenvalue weighted by molar-refractivity contribution is 0.0979. The van der Waals surface area contributed by atoms with Crippen molar-refractivity contribution in [2.75, 3.05) is 17.2 Å². The summed E-state index contributed by atoms with van der Waals surface area (Å²) >= 11 is 0. The number of hydrogen-bond donors (Lipinski definition) is 1. The van der Waals surface area contributed by atoms with Crippen LogP contribution in [0, 0.1) is 6.92 Å². The molecule has 0 radical (unpaired) electrons. The molecule has 0 spiro atoms. The number of para-hydroxylation sites is 2. The van der Waals surface area contributed by atoms with E-state index in [-0.39, 0.29) is 5.91 Å². The molecule has 19 heavy (non-hydrogen) atoms. The predicted molar refractivity (Wildman–Crippen MR) is 76.1 cm³/mol. The third-order valence-corrected chi connectivity index (χ3v) is 3.01. The maximum Gasteiger partial charge on any atom is 0.276 e. The molecular formula is C14H18N4O. The number of carbonyl (C=O) groups excluding carboxylic acids is 1. The van der Waals surface area contributed by atoms with E-state index in [0.29, 0.717) is 17.9 Å². The van der Waals surface area contributed by atoms with E-state index in [9.17, 15) is 4.79 Å². The minimum Gasteiger partial charge on any atom is -0.397 e. The van der Waals surface area contributed by atoms with Crippen molar-refractivity contribution < 1.29 is 4.79 Å². The number of rotatable bonds is 3. The molecule has 5 nitrogen and oxygen atoms in total. The number of benzene rings is 1. The van der Waals surface area contributed by atoms with E-state index in [1.54, 1.807) is 28.8 Å². The van der Waals surface area contributed by atoms with Crippen molar-refractivity contribution in [2.45, 2.75) is 13.8 Å². The van der Waals surface area contributed by atoms with Crippen LogP contribution < -0.4 is 10.6 Å². The Morgan fingerprint density at radius 2 is 2.11 bits per heavy atom. The van der Waals surface area contributed by atoms with Crippen LogP contribution in [-0.4, -0.2) is 22.2 Å². The van der Waals surface area contributed by atoms with Gasteiger partial charge in [-0.1, -0.05) is 12.1 Å². The molecule has 5 heteroatoms. The van der Waals surface area contributed by atoms with Gasteiger partial charge < -0.3 is 10.6 Å². The summed E-state index contributed by atoms with van der Waals surface area (Å²) in [6.07, 6.45) is 0. The molecule has 0 fully saturated rings. The van der Waals surface area contributed by atoms with E-state index in [4.69, 9.17) is 5.73 Å². The zero-order valence-electron chi connectivity index (χ0n) is 11.4. The number of anilines is 2. The van der Waals surface area contributed by atoms with E-state index in [1.807, 2.05) is 32.0 Å². The average molecular weight is 258 g/mol. The second kappa shape index (κ2) is 5.14. The average Bonchev–Trinajstić information content (AvgIpc) is 2.71. The van der Waals surface area contributed by atoms with Gasteiger partial charge in [0.25, 0.3) is 5.91 Å². The van der Waals surface area contributed by atoms with Crippen LogP contribution in [0.4, 0.5) is 11.4 Å². The van der Waals surface area contributed by atoms with Crippen molar-refractivity contribution in [1.82, 2.24) is 9.78 Å². The van der Waals surface area contributed by atoms with Crippen molar-refractivity contribution in [3.63, 3.8) is 0 Å². The smallest absolute Gasteiger partial charge is 0.276 e. The standard InChI is InChI=1S/C14H18N4O/c1-4-18(12-8-6-5-7-11(12)15)14(19)13-9-10(2)16-17(13)3/h5-9H,4,15H2,1-3H3. The number of nitrogen functional groups attached to an aromatic ring is 1. The van der Waals surface area contributed by atoms with Crippen LogP contribution in [0.25, 0.3) is 0 Å². The Morgan fingerprint density at radius 1 is 1.42 bits per heavy atom. The maximum absolute atomic E-state index is 12.6. The molecule has 1 aromatic carbocycles. The molecule has 0 saturated carbocycles. The summed E-state index contributed by atoms with van der Waals surface area (Å²) in [5.74, 6) is -0.0940. The lowest BCUT2D eigenvalue weighted by Crippen LogP contribution is -2.32. The Morgan fingerprint density at radius 3 is 2.63 bits per heavy atom. The molecule has 0 aliphatic carbocycles. The van der Waals surface area contributed by atoms with Gasteiger partial charge in [0.1, 0.15) is 5.69 Å². The quantitative estimate of drug-likeness (QED) is 0.856. The van der Waals surface area contributed by atoms with Crippen molar-refractivity contribution in [3.05, 3.63) is 41.7 Å². The van der Waals surface area contributed by atoms with E-state index >= 15 is 0 Å². The predicted octanol–water partition coefficient (Wildman–Crippen LogP) is 1.98. The van der Waals surface area contributed by atoms with Crippen LogP contribution in [0.1, 0.15) is 23.1 Å². The summed E-state index contributed by atoms with van der Waals surface area (Å²) in [5, 5.41) is 4.20. The van der Waals surface area contributed by atoms with Crippen molar-refractivity contribution in [2.24, 2.45) is 7.05 Å². The normalized spacial score (nSPS) is 10.5. The third-order valence-electron chi connectivity index (χ3n) is 3.01. The van der Waals surface area contributed by atoms with Gasteiger partial charge in [0, 0.05) is 13.6 Å². The van der Waals surface area contributed by atoms with Crippen LogP contribution in [-0.2, 0) is 7.05 Å². The summed E-state index contributed by atoms with van der Waals surface area (Å²) in [6.45, 7) is 4.34. The molecule has 100 valence electrons. The highest BCUT2D eigenvalue weighted by Crippen LogP contribution is 2.24. The maximum atomic E-state index is 12.6. The third kappa shape index (κ3) is 2.45. The van der Waals surface area contributed by atoms with Gasteiger partial charge in [0.2, 0.25) is 0 Å². The van der Waals surface area contributed by atoms with Gasteiger partial charge in [0.15, 0.2) is 0 Å². The monoisotopic (exact) mass is 258 g/mol. The highest BCUT2D eigenvalue weighted by molar-refractivity contribution is 6.06. The van der Waals surface area contributed by atoms with Gasteiger partial charge in [-0.05, 0) is 32.0 Å². The van der Waals surface area contributed by atoms with Gasteiger partial charge in [-0.2, -0.15) is 5.10 Å². The zero-order chi connectivity index (χ0) is 14.0. The Balaban J connectivity index is 2.41. The molecule has 2 rings (SSSR count). The molecule has 0 bridgehead atoms. The Labute approximate surface area is 112 Å². The van der Waals surface area contributed by atoms with E-state index in [0.717, 1.165) is 11.4 Å². The summed E-state index contributed by atoms with van der Waals surface area (Å²) in [6, 6.07) is 9.14. The van der Waals surface area contributed by atoms with Gasteiger partial charge in [0.05, 0.1) is 17.1 Å². The SMILES string of the molecule is CCN(C(=O)c1cc(C)nn1C)c1ccccc1N. The van der Waals surface area contributed by atoms with E-state index < -0.39 is 0 Å². The van der Waals surface area contributed by atoms with Gasteiger partial charge in [-0.15, -0.1) is 0 Å². The first-order valence-corrected chi connectivity index (χ1v) is 6.21. The summed E-state index contributed by atoms with van der Waals surface area (Å²) in [4.78, 5) is 14.2. The molecule has 0 aliphatic heterocycles. The van der Waals surface area contributed by atoms with Crippen molar-refractivity contribution >= 4 is 17.3 Å². The molecular weight excluding hydrogens is 240 g/mol. The topological polar surface area (TPSA) is 64.2 Å². The summed E-state index contributed by atoms with van der Waals surface area (Å²) in [5.41, 5.74) is 8.64. The van der Waals surface area contributed by atoms with Crippen molar-refractivity contribution in [3.8, 4) is 0 Å². The highest BCUT2D eigenvalue weighted by atomic mass is 16.2. The lowest BCUT2D eigenvalue weighted by atomic mass is 10.2. The summed E-state index contributed by atoms with van der Waals surface area (Å²) < 4.78 is 1.60. The molecule has 0 saturated heterocycles. The number of amides is 1. The highest BCUT2D eigenvalue weighted by Gasteiger charge is 2.21. The second-order valence-electron chi connectivity index (χ2n) is 4.40. The van der Waals surface area contributed by atoms with Gasteiger partial charge >= 0.3 is 0 Å². The number of hydrogen-bond acceptors (Lipinski definition) is 3. The number of nitrogens with two attached hydrogens (primary N) is 1. The van der Waals surface area contributed by atoms with Gasteiger partial charge in [-0.3, -0.25) is 9.48 Å². The fourth-order valence-corrected chi connectivity index (χ4v) is 2.11. The number of aromatic nitrogens is 2. The minimum atomic E-state index is -0.0940. The Kier molecular flexibility index (Phi) is 3.55. The Hall–Kier alpha value is -2.30. The van der Waals surface area contributed by atoms with E-state index in [2.05, 4.69) is 5.10 Å². The molecule has 2 aromatic rings. The van der Waals surface area contributed by atoms with Crippen LogP contribution in [0.2, 0.25) is 0 Å². The van der Waals surface area contributed by atoms with Crippen LogP contribution in [0.3, 0.4) is 0 Å². The molecule has 0 aliphatic rings. The van der Waals surface area contributed by atoms with Crippen LogP contribution in [0.15, 0.2) is 30.3 Å². The molecule has 1 aromatic heterocycles. The molecule has 1 heterocycles. The van der Waals surface area contributed by atoms with Crippen LogP contribution >= 0.6 is 0 Å². The minimum absolute atomic E-state index is 0.0940. The number of carbonyl (C=O) groups is 1. The Bertz CT molecular complexity index is 603. The first-order valence-electron chi connectivity index (χ1n) is 6.21. The summed E-state index contributed by atoms with van der Waals surface area (Å²) in [7, 11) is 1.77. The first-order chi connectivity index (χ1) is 9.04. The van der Waals surface area contributed by atoms with E-state index in [1.165, 1.54) is 0 Å². The fraction of sp³-hybridized carbons (Fsp3) is 0.286. The van der Waals surface area contributed by atoms with Gasteiger partial charge in [-0.25, -0.2) is 0 Å². The largest absolute Gasteiger partial charge is 0.397 e. The number of aryl methyl sites for hydroxylation is 2. The van der Waals surface area contributed by atoms with Crippen LogP contribution in [0.5, 0.6) is 0 Å². The lowest BCUT2D eigenvalue weighted by Gasteiger charge is -2.22. The van der Waals surface area contributed by atoms with Crippen molar-refractivity contribution in [1.29, 1.82) is 0 Å². The second-order valence-corrected chi connectivity index (χ2v) is 4.40. The molecule has 2 N–H and O–H groups in total. The molecule has 1 amide bonds. The molecule has 0 atom stereocenters. The molecule has 0 unspecified atom stereocenters. The first kappa shape index (κ1) is 13.1. The zero-order valence-corrected chi connectivity index (χ0v) is 11.4.